The molecule has 0 saturated carbocycles. The van der Waals surface area contributed by atoms with E-state index in [1.54, 1.807) is 0 Å². The number of carboxylic acids is 1. The van der Waals surface area contributed by atoms with Crippen LogP contribution in [0.4, 0.5) is 0 Å². The summed E-state index contributed by atoms with van der Waals surface area (Å²) in [5, 5.41) is 14.8. The topological polar surface area (TPSA) is 258 Å². The van der Waals surface area contributed by atoms with Gasteiger partial charge in [-0.2, -0.15) is 0 Å². The highest BCUT2D eigenvalue weighted by molar-refractivity contribution is 5.94. The van der Waals surface area contributed by atoms with Gasteiger partial charge in [-0.05, 0) is 77.3 Å². The quantitative estimate of drug-likeness (QED) is 0.0535. The molecule has 0 aromatic rings. The zero-order valence-electron chi connectivity index (χ0n) is 21.6. The van der Waals surface area contributed by atoms with Crippen LogP contribution >= 0.6 is 0 Å². The highest BCUT2D eigenvalue weighted by Gasteiger charge is 2.38. The number of carboxylic acid groups (broad SMARTS) is 1. The van der Waals surface area contributed by atoms with Crippen molar-refractivity contribution >= 4 is 29.7 Å². The van der Waals surface area contributed by atoms with Crippen LogP contribution in [-0.4, -0.2) is 90.0 Å². The van der Waals surface area contributed by atoms with E-state index in [0.29, 0.717) is 84.0 Å². The number of rotatable bonds is 18. The van der Waals surface area contributed by atoms with Crippen molar-refractivity contribution in [2.45, 2.75) is 88.4 Å². The van der Waals surface area contributed by atoms with Gasteiger partial charge in [0, 0.05) is 13.1 Å². The summed E-state index contributed by atoms with van der Waals surface area (Å²) in [6.07, 6.45) is 4.85. The Kier molecular flexibility index (Phi) is 15.1. The fourth-order valence-electron chi connectivity index (χ4n) is 4.20. The van der Waals surface area contributed by atoms with E-state index < -0.39 is 47.9 Å². The van der Waals surface area contributed by atoms with Crippen LogP contribution in [-0.2, 0) is 19.2 Å². The minimum Gasteiger partial charge on any atom is -0.480 e. The summed E-state index contributed by atoms with van der Waals surface area (Å²) in [5.41, 5.74) is 27.6. The maximum Gasteiger partial charge on any atom is 0.326 e. The van der Waals surface area contributed by atoms with Crippen LogP contribution < -0.4 is 39.3 Å². The molecular formula is C23H45N9O5. The smallest absolute Gasteiger partial charge is 0.326 e. The highest BCUT2D eigenvalue weighted by atomic mass is 16.4. The number of carbonyl (C=O) groups is 4. The van der Waals surface area contributed by atoms with Crippen LogP contribution in [0, 0.1) is 0 Å². The second-order valence-electron chi connectivity index (χ2n) is 9.27. The molecule has 0 aliphatic carbocycles. The third-order valence-electron chi connectivity index (χ3n) is 6.27. The number of amides is 3. The number of hydrogen-bond acceptors (Lipinski definition) is 8. The molecule has 14 heteroatoms. The number of aliphatic carboxylic acids is 1. The van der Waals surface area contributed by atoms with Crippen LogP contribution in [0.5, 0.6) is 0 Å². The first-order valence-corrected chi connectivity index (χ1v) is 13.0. The van der Waals surface area contributed by atoms with Crippen molar-refractivity contribution in [3.63, 3.8) is 0 Å². The second-order valence-corrected chi connectivity index (χ2v) is 9.27. The van der Waals surface area contributed by atoms with Gasteiger partial charge in [-0.3, -0.25) is 19.4 Å². The standard InChI is InChI=1S/C23H45N9O5/c24-11-3-1-8-16(30-19(33)15(26)7-5-13-29-23(27)28)21(35)32-14-6-10-18(32)20(34)31-17(22(36)37)9-2-4-12-25/h15-18H,1-14,24-26H2,(H,30,33)(H,31,34)(H,36,37)(H4,27,28,29)/t15-,16-,17-,18-/m0/s1. The fraction of sp³-hybridized carbons (Fsp3) is 0.783. The van der Waals surface area contributed by atoms with E-state index in [1.807, 2.05) is 0 Å². The summed E-state index contributed by atoms with van der Waals surface area (Å²) >= 11 is 0. The molecule has 0 bridgehead atoms. The van der Waals surface area contributed by atoms with Gasteiger partial charge in [-0.25, -0.2) is 4.79 Å². The number of guanidine groups is 1. The number of nitrogens with two attached hydrogens (primary N) is 5. The first-order valence-electron chi connectivity index (χ1n) is 13.0. The van der Waals surface area contributed by atoms with Gasteiger partial charge in [0.2, 0.25) is 17.7 Å². The third kappa shape index (κ3) is 11.7. The molecule has 4 atom stereocenters. The lowest BCUT2D eigenvalue weighted by molar-refractivity contribution is -0.145. The monoisotopic (exact) mass is 527 g/mol. The molecule has 1 aliphatic rings. The van der Waals surface area contributed by atoms with E-state index in [9.17, 15) is 24.3 Å². The maximum atomic E-state index is 13.5. The number of carbonyl (C=O) groups excluding carboxylic acids is 3. The normalized spacial score (nSPS) is 17.5. The van der Waals surface area contributed by atoms with Crippen molar-refractivity contribution in [2.75, 3.05) is 26.2 Å². The first kappa shape index (κ1) is 32.1. The Hall–Kier alpha value is -2.97. The SMILES string of the molecule is NCCCC[C@H](NC(=O)[C@@H]1CCCN1C(=O)[C@H](CCCCN)NC(=O)[C@@H](N)CCCN=C(N)N)C(=O)O. The number of likely N-dealkylation sites (tertiary alicyclic amines) is 1. The molecule has 0 unspecified atom stereocenters. The van der Waals surface area contributed by atoms with Gasteiger partial charge >= 0.3 is 5.97 Å². The highest BCUT2D eigenvalue weighted by Crippen LogP contribution is 2.20. The second kappa shape index (κ2) is 17.5. The van der Waals surface area contributed by atoms with E-state index in [4.69, 9.17) is 28.7 Å². The molecule has 14 nitrogen and oxygen atoms in total. The van der Waals surface area contributed by atoms with Gasteiger partial charge in [0.05, 0.1) is 6.04 Å². The first-order chi connectivity index (χ1) is 17.6. The Balaban J connectivity index is 2.86. The van der Waals surface area contributed by atoms with E-state index in [-0.39, 0.29) is 12.4 Å². The lowest BCUT2D eigenvalue weighted by Crippen LogP contribution is -2.56. The fourth-order valence-corrected chi connectivity index (χ4v) is 4.20. The lowest BCUT2D eigenvalue weighted by Gasteiger charge is -2.30. The van der Waals surface area contributed by atoms with Crippen LogP contribution in [0.2, 0.25) is 0 Å². The molecule has 1 rings (SSSR count). The summed E-state index contributed by atoms with van der Waals surface area (Å²) in [6, 6.07) is -3.61. The largest absolute Gasteiger partial charge is 0.480 e. The van der Waals surface area contributed by atoms with Crippen LogP contribution in [0.15, 0.2) is 4.99 Å². The van der Waals surface area contributed by atoms with Crippen molar-refractivity contribution in [3.05, 3.63) is 0 Å². The minimum absolute atomic E-state index is 0.0435. The molecule has 3 amide bonds. The van der Waals surface area contributed by atoms with Crippen molar-refractivity contribution in [3.8, 4) is 0 Å². The molecule has 0 spiro atoms. The predicted molar refractivity (Wildman–Crippen MR) is 140 cm³/mol. The number of aliphatic imine (C=N–C) groups is 1. The zero-order valence-corrected chi connectivity index (χ0v) is 21.6. The molecule has 13 N–H and O–H groups in total. The summed E-state index contributed by atoms with van der Waals surface area (Å²) in [6.45, 7) is 1.53. The Bertz CT molecular complexity index is 776. The Morgan fingerprint density at radius 3 is 2.11 bits per heavy atom. The molecule has 1 aliphatic heterocycles. The Morgan fingerprint density at radius 1 is 0.919 bits per heavy atom. The predicted octanol–water partition coefficient (Wildman–Crippen LogP) is -2.33. The van der Waals surface area contributed by atoms with Gasteiger partial charge in [0.15, 0.2) is 5.96 Å². The van der Waals surface area contributed by atoms with Gasteiger partial charge in [0.25, 0.3) is 0 Å². The summed E-state index contributed by atoms with van der Waals surface area (Å²) in [5.74, 6) is -2.58. The summed E-state index contributed by atoms with van der Waals surface area (Å²) in [4.78, 5) is 56.0. The van der Waals surface area contributed by atoms with Crippen molar-refractivity contribution < 1.29 is 24.3 Å². The number of nitrogens with one attached hydrogen (secondary N) is 2. The minimum atomic E-state index is -1.14. The summed E-state index contributed by atoms with van der Waals surface area (Å²) in [7, 11) is 0. The molecule has 1 heterocycles. The van der Waals surface area contributed by atoms with Crippen LogP contribution in [0.1, 0.15) is 64.2 Å². The third-order valence-corrected chi connectivity index (χ3v) is 6.27. The zero-order chi connectivity index (χ0) is 27.8. The van der Waals surface area contributed by atoms with E-state index in [2.05, 4.69) is 15.6 Å². The molecule has 0 aromatic carbocycles. The molecule has 37 heavy (non-hydrogen) atoms. The molecule has 1 saturated heterocycles. The van der Waals surface area contributed by atoms with Crippen molar-refractivity contribution in [1.82, 2.24) is 15.5 Å². The van der Waals surface area contributed by atoms with Gasteiger partial charge < -0.3 is 49.3 Å². The van der Waals surface area contributed by atoms with E-state index in [0.717, 1.165) is 0 Å². The average molecular weight is 528 g/mol. The maximum absolute atomic E-state index is 13.5. The van der Waals surface area contributed by atoms with Crippen LogP contribution in [0.3, 0.4) is 0 Å². The molecule has 0 aromatic heterocycles. The van der Waals surface area contributed by atoms with Crippen molar-refractivity contribution in [2.24, 2.45) is 33.7 Å². The van der Waals surface area contributed by atoms with Gasteiger partial charge in [-0.1, -0.05) is 0 Å². The van der Waals surface area contributed by atoms with Crippen molar-refractivity contribution in [1.29, 1.82) is 0 Å². The van der Waals surface area contributed by atoms with E-state index >= 15 is 0 Å². The Labute approximate surface area is 218 Å². The number of nitrogens with zero attached hydrogens (tertiary/aromatic N) is 2. The summed E-state index contributed by atoms with van der Waals surface area (Å²) < 4.78 is 0. The Morgan fingerprint density at radius 2 is 1.54 bits per heavy atom. The molecule has 1 fully saturated rings. The van der Waals surface area contributed by atoms with Crippen LogP contribution in [0.25, 0.3) is 0 Å². The lowest BCUT2D eigenvalue weighted by atomic mass is 10.0. The van der Waals surface area contributed by atoms with Gasteiger partial charge in [-0.15, -0.1) is 0 Å². The van der Waals surface area contributed by atoms with Gasteiger partial charge in [0.1, 0.15) is 18.1 Å². The molecule has 0 radical (unpaired) electrons. The number of hydrogen-bond donors (Lipinski definition) is 8. The average Bonchev–Trinajstić information content (AvgIpc) is 3.34. The number of unbranched alkanes of at least 4 members (excludes halogenated alkanes) is 2. The molecule has 212 valence electrons. The molecular weight excluding hydrogens is 482 g/mol. The van der Waals surface area contributed by atoms with E-state index in [1.165, 1.54) is 4.90 Å².